The fraction of sp³-hybridized carbons (Fsp3) is 0.444. The molecule has 0 spiro atoms. The smallest absolute Gasteiger partial charge is 0.241 e. The van der Waals surface area contributed by atoms with Crippen LogP contribution in [0.15, 0.2) is 12.4 Å². The highest BCUT2D eigenvalue weighted by molar-refractivity contribution is 5.94. The Balaban J connectivity index is 2.60. The zero-order valence-corrected chi connectivity index (χ0v) is 8.32. The molecule has 0 saturated carbocycles. The van der Waals surface area contributed by atoms with Gasteiger partial charge in [0.25, 0.3) is 0 Å². The van der Waals surface area contributed by atoms with E-state index in [1.54, 1.807) is 19.3 Å². The van der Waals surface area contributed by atoms with Gasteiger partial charge >= 0.3 is 0 Å². The molecule has 5 nitrogen and oxygen atoms in total. The number of rotatable bonds is 3. The summed E-state index contributed by atoms with van der Waals surface area (Å²) in [5.41, 5.74) is 6.11. The van der Waals surface area contributed by atoms with E-state index >= 15 is 0 Å². The van der Waals surface area contributed by atoms with Crippen LogP contribution in [0.4, 0.5) is 5.69 Å². The third-order valence-electron chi connectivity index (χ3n) is 1.83. The van der Waals surface area contributed by atoms with Gasteiger partial charge in [0.15, 0.2) is 0 Å². The molecule has 0 aliphatic carbocycles. The highest BCUT2D eigenvalue weighted by atomic mass is 16.2. The number of nitrogens with zero attached hydrogens (tertiary/aromatic N) is 2. The first-order valence-corrected chi connectivity index (χ1v) is 4.48. The number of aryl methyl sites for hydroxylation is 1. The molecule has 1 rings (SSSR count). The largest absolute Gasteiger partial charge is 0.322 e. The highest BCUT2D eigenvalue weighted by Crippen LogP contribution is 2.03. The van der Waals surface area contributed by atoms with Gasteiger partial charge in [-0.1, -0.05) is 6.92 Å². The topological polar surface area (TPSA) is 80.9 Å². The zero-order chi connectivity index (χ0) is 10.6. The van der Waals surface area contributed by atoms with Gasteiger partial charge in [-0.2, -0.15) is 0 Å². The summed E-state index contributed by atoms with van der Waals surface area (Å²) >= 11 is 0. The van der Waals surface area contributed by atoms with Crippen molar-refractivity contribution >= 4 is 11.6 Å². The van der Waals surface area contributed by atoms with Gasteiger partial charge < -0.3 is 11.1 Å². The maximum absolute atomic E-state index is 11.3. The van der Waals surface area contributed by atoms with E-state index in [-0.39, 0.29) is 5.91 Å². The molecular formula is C9H14N4O. The predicted octanol–water partition coefficient (Wildman–Crippen LogP) is 0.461. The second-order valence-corrected chi connectivity index (χ2v) is 3.02. The molecule has 0 bridgehead atoms. The SMILES string of the molecule is CCC(N)C(=O)Nc1cnc(C)nc1. The Labute approximate surface area is 82.7 Å². The number of carbonyl (C=O) groups is 1. The molecule has 1 aromatic heterocycles. The molecule has 1 heterocycles. The van der Waals surface area contributed by atoms with Gasteiger partial charge in [0.1, 0.15) is 5.82 Å². The van der Waals surface area contributed by atoms with E-state index in [1.165, 1.54) is 0 Å². The van der Waals surface area contributed by atoms with Gasteiger partial charge in [-0.3, -0.25) is 4.79 Å². The normalized spacial score (nSPS) is 12.2. The second kappa shape index (κ2) is 4.66. The highest BCUT2D eigenvalue weighted by Gasteiger charge is 2.10. The van der Waals surface area contributed by atoms with Crippen LogP contribution in [-0.4, -0.2) is 21.9 Å². The molecule has 1 atom stereocenters. The lowest BCUT2D eigenvalue weighted by Gasteiger charge is -2.08. The zero-order valence-electron chi connectivity index (χ0n) is 8.32. The van der Waals surface area contributed by atoms with Crippen LogP contribution in [0.3, 0.4) is 0 Å². The van der Waals surface area contributed by atoms with Crippen molar-refractivity contribution in [3.8, 4) is 0 Å². The molecule has 1 amide bonds. The van der Waals surface area contributed by atoms with Crippen molar-refractivity contribution in [2.75, 3.05) is 5.32 Å². The van der Waals surface area contributed by atoms with Crippen LogP contribution in [0.25, 0.3) is 0 Å². The van der Waals surface area contributed by atoms with Crippen LogP contribution >= 0.6 is 0 Å². The van der Waals surface area contributed by atoms with Gasteiger partial charge in [-0.15, -0.1) is 0 Å². The average molecular weight is 194 g/mol. The molecule has 1 unspecified atom stereocenters. The number of hydrogen-bond acceptors (Lipinski definition) is 4. The summed E-state index contributed by atoms with van der Waals surface area (Å²) in [6.45, 7) is 3.64. The van der Waals surface area contributed by atoms with E-state index in [9.17, 15) is 4.79 Å². The van der Waals surface area contributed by atoms with Crippen molar-refractivity contribution in [3.63, 3.8) is 0 Å². The van der Waals surface area contributed by atoms with E-state index in [4.69, 9.17) is 5.73 Å². The first-order valence-electron chi connectivity index (χ1n) is 4.48. The lowest BCUT2D eigenvalue weighted by Crippen LogP contribution is -2.34. The van der Waals surface area contributed by atoms with Crippen LogP contribution < -0.4 is 11.1 Å². The Morgan fingerprint density at radius 2 is 2.14 bits per heavy atom. The molecule has 5 heteroatoms. The lowest BCUT2D eigenvalue weighted by atomic mass is 10.2. The molecule has 76 valence electrons. The lowest BCUT2D eigenvalue weighted by molar-refractivity contribution is -0.117. The predicted molar refractivity (Wildman–Crippen MR) is 53.7 cm³/mol. The third-order valence-corrected chi connectivity index (χ3v) is 1.83. The fourth-order valence-electron chi connectivity index (χ4n) is 0.877. The van der Waals surface area contributed by atoms with E-state index in [1.807, 2.05) is 6.92 Å². The van der Waals surface area contributed by atoms with Crippen molar-refractivity contribution in [2.24, 2.45) is 5.73 Å². The molecule has 0 fully saturated rings. The summed E-state index contributed by atoms with van der Waals surface area (Å²) in [7, 11) is 0. The van der Waals surface area contributed by atoms with Crippen LogP contribution in [0.1, 0.15) is 19.2 Å². The third kappa shape index (κ3) is 2.77. The van der Waals surface area contributed by atoms with Crippen molar-refractivity contribution in [3.05, 3.63) is 18.2 Å². The Kier molecular flexibility index (Phi) is 3.53. The van der Waals surface area contributed by atoms with Crippen molar-refractivity contribution in [1.29, 1.82) is 0 Å². The minimum absolute atomic E-state index is 0.208. The average Bonchev–Trinajstić information content (AvgIpc) is 2.20. The van der Waals surface area contributed by atoms with E-state index in [0.29, 0.717) is 17.9 Å². The number of anilines is 1. The Morgan fingerprint density at radius 1 is 1.57 bits per heavy atom. The van der Waals surface area contributed by atoms with Crippen molar-refractivity contribution in [2.45, 2.75) is 26.3 Å². The number of carbonyl (C=O) groups excluding carboxylic acids is 1. The van der Waals surface area contributed by atoms with Crippen molar-refractivity contribution in [1.82, 2.24) is 9.97 Å². The summed E-state index contributed by atoms with van der Waals surface area (Å²) in [5, 5.41) is 2.63. The number of nitrogens with two attached hydrogens (primary N) is 1. The fourth-order valence-corrected chi connectivity index (χ4v) is 0.877. The standard InChI is InChI=1S/C9H14N4O/c1-3-8(10)9(14)13-7-4-11-6(2)12-5-7/h4-5,8H,3,10H2,1-2H3,(H,13,14). The first kappa shape index (κ1) is 10.6. The summed E-state index contributed by atoms with van der Waals surface area (Å²) in [6.07, 6.45) is 3.73. The van der Waals surface area contributed by atoms with Crippen LogP contribution in [0.2, 0.25) is 0 Å². The minimum atomic E-state index is -0.476. The van der Waals surface area contributed by atoms with Crippen molar-refractivity contribution < 1.29 is 4.79 Å². The Bertz CT molecular complexity index is 309. The van der Waals surface area contributed by atoms with Gasteiger partial charge in [-0.25, -0.2) is 9.97 Å². The van der Waals surface area contributed by atoms with Crippen LogP contribution in [-0.2, 0) is 4.79 Å². The molecule has 0 saturated heterocycles. The summed E-state index contributed by atoms with van der Waals surface area (Å²) in [6, 6.07) is -0.476. The monoisotopic (exact) mass is 194 g/mol. The minimum Gasteiger partial charge on any atom is -0.322 e. The summed E-state index contributed by atoms with van der Waals surface area (Å²) < 4.78 is 0. The molecule has 1 aromatic rings. The molecule has 0 aliphatic rings. The first-order chi connectivity index (χ1) is 6.63. The molecule has 14 heavy (non-hydrogen) atoms. The van der Waals surface area contributed by atoms with E-state index < -0.39 is 6.04 Å². The molecule has 3 N–H and O–H groups in total. The van der Waals surface area contributed by atoms with Gasteiger partial charge in [0.05, 0.1) is 24.1 Å². The molecule has 0 aromatic carbocycles. The molecular weight excluding hydrogens is 180 g/mol. The number of hydrogen-bond donors (Lipinski definition) is 2. The summed E-state index contributed by atoms with van der Waals surface area (Å²) in [5.74, 6) is 0.461. The van der Waals surface area contributed by atoms with Gasteiger partial charge in [0, 0.05) is 0 Å². The Hall–Kier alpha value is -1.49. The van der Waals surface area contributed by atoms with Crippen LogP contribution in [0.5, 0.6) is 0 Å². The maximum Gasteiger partial charge on any atom is 0.241 e. The second-order valence-electron chi connectivity index (χ2n) is 3.02. The Morgan fingerprint density at radius 3 is 2.64 bits per heavy atom. The number of nitrogens with one attached hydrogen (secondary N) is 1. The van der Waals surface area contributed by atoms with E-state index in [0.717, 1.165) is 0 Å². The summed E-state index contributed by atoms with van der Waals surface area (Å²) in [4.78, 5) is 19.2. The molecule has 0 radical (unpaired) electrons. The quantitative estimate of drug-likeness (QED) is 0.732. The molecule has 0 aliphatic heterocycles. The van der Waals surface area contributed by atoms with Gasteiger partial charge in [0.2, 0.25) is 5.91 Å². The number of amides is 1. The van der Waals surface area contributed by atoms with E-state index in [2.05, 4.69) is 15.3 Å². The van der Waals surface area contributed by atoms with Crippen LogP contribution in [0, 0.1) is 6.92 Å². The number of aromatic nitrogens is 2. The van der Waals surface area contributed by atoms with Gasteiger partial charge in [-0.05, 0) is 13.3 Å². The maximum atomic E-state index is 11.3.